The number of likely N-dealkylation sites (tertiary alicyclic amines) is 1. The molecule has 0 atom stereocenters. The predicted molar refractivity (Wildman–Crippen MR) is 105 cm³/mol. The van der Waals surface area contributed by atoms with E-state index in [-0.39, 0.29) is 5.60 Å². The van der Waals surface area contributed by atoms with Gasteiger partial charge in [0.25, 0.3) is 0 Å². The van der Waals surface area contributed by atoms with Gasteiger partial charge in [-0.25, -0.2) is 4.99 Å². The highest BCUT2D eigenvalue weighted by molar-refractivity contribution is 8.16. The molecule has 0 saturated carbocycles. The molecule has 0 aliphatic carbocycles. The molecule has 0 N–H and O–H groups in total. The van der Waals surface area contributed by atoms with Gasteiger partial charge in [-0.2, -0.15) is 0 Å². The molecule has 1 rings (SSSR count). The number of rotatable bonds is 7. The maximum atomic E-state index is 6.19. The maximum absolute atomic E-state index is 6.19. The van der Waals surface area contributed by atoms with Crippen LogP contribution in [0.5, 0.6) is 0 Å². The minimum Gasteiger partial charge on any atom is -0.371 e. The van der Waals surface area contributed by atoms with Gasteiger partial charge in [-0.1, -0.05) is 37.8 Å². The van der Waals surface area contributed by atoms with Gasteiger partial charge in [-0.05, 0) is 50.5 Å². The van der Waals surface area contributed by atoms with Crippen LogP contribution in [0.4, 0.5) is 0 Å². The Morgan fingerprint density at radius 3 is 2.46 bits per heavy atom. The second-order valence-electron chi connectivity index (χ2n) is 7.21. The van der Waals surface area contributed by atoms with Crippen molar-refractivity contribution < 1.29 is 9.47 Å². The number of aliphatic imine (C=N–C) groups is 1. The van der Waals surface area contributed by atoms with Crippen molar-refractivity contribution in [2.75, 3.05) is 33.5 Å². The second kappa shape index (κ2) is 10.3. The molecule has 0 aromatic heterocycles. The number of hydrogen-bond donors (Lipinski definition) is 0. The molecular formula is C19H34N2O2S. The first-order valence-electron chi connectivity index (χ1n) is 8.67. The van der Waals surface area contributed by atoms with E-state index in [9.17, 15) is 0 Å². The fourth-order valence-corrected chi connectivity index (χ4v) is 3.05. The molecule has 1 heterocycles. The average Bonchev–Trinajstić information content (AvgIpc) is 2.53. The van der Waals surface area contributed by atoms with Gasteiger partial charge in [0.15, 0.2) is 5.17 Å². The molecule has 4 nitrogen and oxygen atoms in total. The molecule has 0 aromatic rings. The largest absolute Gasteiger partial charge is 0.371 e. The smallest absolute Gasteiger partial charge is 0.165 e. The normalized spacial score (nSPS) is 18.0. The van der Waals surface area contributed by atoms with E-state index in [4.69, 9.17) is 9.47 Å². The van der Waals surface area contributed by atoms with Crippen LogP contribution in [0.1, 0.15) is 47.5 Å². The maximum Gasteiger partial charge on any atom is 0.165 e. The molecule has 138 valence electrons. The molecule has 1 aliphatic rings. The number of ether oxygens (including phenoxy) is 2. The first-order chi connectivity index (χ1) is 11.3. The highest BCUT2D eigenvalue weighted by Crippen LogP contribution is 2.29. The topological polar surface area (TPSA) is 34.1 Å². The van der Waals surface area contributed by atoms with Crippen molar-refractivity contribution in [2.45, 2.75) is 53.1 Å². The number of thioether (sulfide) groups is 1. The monoisotopic (exact) mass is 354 g/mol. The lowest BCUT2D eigenvalue weighted by atomic mass is 9.93. The Labute approximate surface area is 152 Å². The molecule has 0 aromatic carbocycles. The summed E-state index contributed by atoms with van der Waals surface area (Å²) < 4.78 is 11.3. The minimum atomic E-state index is -0.0676. The molecule has 0 unspecified atom stereocenters. The van der Waals surface area contributed by atoms with Gasteiger partial charge in [0.2, 0.25) is 0 Å². The molecule has 24 heavy (non-hydrogen) atoms. The number of methoxy groups -OCH3 is 1. The van der Waals surface area contributed by atoms with E-state index >= 15 is 0 Å². The zero-order valence-corrected chi connectivity index (χ0v) is 17.0. The van der Waals surface area contributed by atoms with Crippen LogP contribution in [0.25, 0.3) is 0 Å². The Morgan fingerprint density at radius 1 is 1.33 bits per heavy atom. The van der Waals surface area contributed by atoms with Crippen LogP contribution < -0.4 is 0 Å². The van der Waals surface area contributed by atoms with E-state index in [2.05, 4.69) is 56.5 Å². The lowest BCUT2D eigenvalue weighted by molar-refractivity contribution is -0.0539. The fourth-order valence-electron chi connectivity index (χ4n) is 2.25. The summed E-state index contributed by atoms with van der Waals surface area (Å²) in [4.78, 5) is 6.91. The minimum absolute atomic E-state index is 0.0676. The zero-order valence-electron chi connectivity index (χ0n) is 16.2. The van der Waals surface area contributed by atoms with Gasteiger partial charge in [0, 0.05) is 20.2 Å². The second-order valence-corrected chi connectivity index (χ2v) is 8.05. The van der Waals surface area contributed by atoms with E-state index in [1.807, 2.05) is 0 Å². The summed E-state index contributed by atoms with van der Waals surface area (Å²) in [5, 5.41) is 3.18. The van der Waals surface area contributed by atoms with Gasteiger partial charge in [-0.15, -0.1) is 0 Å². The molecule has 1 saturated heterocycles. The van der Waals surface area contributed by atoms with E-state index in [1.54, 1.807) is 18.9 Å². The van der Waals surface area contributed by atoms with Crippen molar-refractivity contribution in [3.05, 3.63) is 23.1 Å². The zero-order chi connectivity index (χ0) is 18.2. The van der Waals surface area contributed by atoms with Crippen molar-refractivity contribution >= 4 is 16.9 Å². The molecule has 0 radical (unpaired) electrons. The Hall–Kier alpha value is -0.780. The Kier molecular flexibility index (Phi) is 9.09. The fraction of sp³-hybridized carbons (Fsp3) is 0.737. The molecule has 1 fully saturated rings. The van der Waals surface area contributed by atoms with Crippen LogP contribution in [-0.2, 0) is 9.47 Å². The average molecular weight is 355 g/mol. The van der Waals surface area contributed by atoms with Crippen molar-refractivity contribution in [3.8, 4) is 0 Å². The van der Waals surface area contributed by atoms with Crippen LogP contribution in [-0.4, -0.2) is 49.2 Å². The third-order valence-corrected chi connectivity index (χ3v) is 5.43. The number of nitrogens with zero attached hydrogens (tertiary/aromatic N) is 2. The van der Waals surface area contributed by atoms with E-state index < -0.39 is 0 Å². The van der Waals surface area contributed by atoms with Gasteiger partial charge in [0.1, 0.15) is 6.73 Å². The SMILES string of the molecule is C=C(COC1(C)CCN(/C(=N/COC)SC=C(C)C)CC1)C(C)C. The summed E-state index contributed by atoms with van der Waals surface area (Å²) in [6.07, 6.45) is 2.00. The number of amidine groups is 1. The van der Waals surface area contributed by atoms with E-state index in [0.29, 0.717) is 19.3 Å². The third-order valence-electron chi connectivity index (χ3n) is 4.24. The standard InChI is InChI=1S/C19H34N2O2S/c1-15(2)13-24-18(20-14-22-7)21-10-8-19(6,9-11-21)23-12-17(5)16(3)4/h13,16H,5,8-12,14H2,1-4,6-7H3/b20-18-. The number of allylic oxidation sites excluding steroid dienone is 1. The third kappa shape index (κ3) is 7.41. The Bertz CT molecular complexity index is 460. The molecule has 0 bridgehead atoms. The van der Waals surface area contributed by atoms with Gasteiger partial charge < -0.3 is 14.4 Å². The first-order valence-corrected chi connectivity index (χ1v) is 9.55. The summed E-state index contributed by atoms with van der Waals surface area (Å²) in [6.45, 7) is 17.8. The summed E-state index contributed by atoms with van der Waals surface area (Å²) >= 11 is 1.68. The Morgan fingerprint density at radius 2 is 1.96 bits per heavy atom. The summed E-state index contributed by atoms with van der Waals surface area (Å²) in [5.41, 5.74) is 2.38. The highest BCUT2D eigenvalue weighted by atomic mass is 32.2. The van der Waals surface area contributed by atoms with Crippen molar-refractivity contribution in [1.82, 2.24) is 4.90 Å². The van der Waals surface area contributed by atoms with Crippen molar-refractivity contribution in [3.63, 3.8) is 0 Å². The number of hydrogen-bond acceptors (Lipinski definition) is 4. The van der Waals surface area contributed by atoms with Crippen LogP contribution in [0, 0.1) is 5.92 Å². The van der Waals surface area contributed by atoms with Gasteiger partial charge in [0.05, 0.1) is 12.2 Å². The lowest BCUT2D eigenvalue weighted by Crippen LogP contribution is -2.46. The highest BCUT2D eigenvalue weighted by Gasteiger charge is 2.32. The summed E-state index contributed by atoms with van der Waals surface area (Å²) in [7, 11) is 1.68. The van der Waals surface area contributed by atoms with E-state index in [0.717, 1.165) is 31.1 Å². The van der Waals surface area contributed by atoms with E-state index in [1.165, 1.54) is 11.1 Å². The molecule has 0 amide bonds. The molecular weight excluding hydrogens is 320 g/mol. The summed E-state index contributed by atoms with van der Waals surface area (Å²) in [5.74, 6) is 0.474. The predicted octanol–water partition coefficient (Wildman–Crippen LogP) is 4.69. The van der Waals surface area contributed by atoms with Crippen LogP contribution >= 0.6 is 11.8 Å². The van der Waals surface area contributed by atoms with Crippen molar-refractivity contribution in [1.29, 1.82) is 0 Å². The van der Waals surface area contributed by atoms with Crippen LogP contribution in [0.2, 0.25) is 0 Å². The number of piperidine rings is 1. The van der Waals surface area contributed by atoms with Crippen molar-refractivity contribution in [2.24, 2.45) is 10.9 Å². The lowest BCUT2D eigenvalue weighted by Gasteiger charge is -2.40. The van der Waals surface area contributed by atoms with Gasteiger partial charge in [-0.3, -0.25) is 0 Å². The molecule has 0 spiro atoms. The summed E-state index contributed by atoms with van der Waals surface area (Å²) in [6, 6.07) is 0. The quantitative estimate of drug-likeness (QED) is 0.377. The van der Waals surface area contributed by atoms with Crippen LogP contribution in [0.3, 0.4) is 0 Å². The first kappa shape index (κ1) is 21.3. The van der Waals surface area contributed by atoms with Gasteiger partial charge >= 0.3 is 0 Å². The molecule has 1 aliphatic heterocycles. The van der Waals surface area contributed by atoms with Crippen LogP contribution in [0.15, 0.2) is 28.1 Å². The Balaban J connectivity index is 2.60. The molecule has 5 heteroatoms.